The molecule has 0 nitrogen and oxygen atoms in total. The van der Waals surface area contributed by atoms with Gasteiger partial charge >= 0.3 is 30.2 Å². The maximum atomic E-state index is 3.06. The van der Waals surface area contributed by atoms with Crippen LogP contribution in [0.2, 0.25) is 0 Å². The van der Waals surface area contributed by atoms with E-state index in [1.54, 1.807) is 0 Å². The Hall–Kier alpha value is -2.22. The molecule has 1 unspecified atom stereocenters. The molecule has 0 saturated carbocycles. The molecule has 0 amide bonds. The minimum absolute atomic E-state index is 0. The van der Waals surface area contributed by atoms with Crippen molar-refractivity contribution in [2.45, 2.75) is 85.5 Å². The fraction of sp³-hybridized carbons (Fsp3) is 0.289. The molecule has 6 aromatic rings. The summed E-state index contributed by atoms with van der Waals surface area (Å²) in [6, 6.07) is 40.7. The van der Waals surface area contributed by atoms with Gasteiger partial charge in [0.2, 0.25) is 0 Å². The van der Waals surface area contributed by atoms with Crippen LogP contribution in [0.1, 0.15) is 95.9 Å². The predicted molar refractivity (Wildman–Crippen MR) is 224 cm³/mol. The Bertz CT molecular complexity index is 1820. The van der Waals surface area contributed by atoms with Crippen LogP contribution in [0.15, 0.2) is 109 Å². The molecule has 6 rings (SSSR count). The van der Waals surface area contributed by atoms with E-state index >= 15 is 0 Å². The molecule has 0 saturated heterocycles. The van der Waals surface area contributed by atoms with Gasteiger partial charge in [0.05, 0.1) is 0 Å². The molecule has 2 radical (unpaired) electrons. The molecular formula is C45H56Cl2SiZr-4. The van der Waals surface area contributed by atoms with Crippen LogP contribution in [0, 0.1) is 14.9 Å². The monoisotopic (exact) mass is 784 g/mol. The number of halogens is 2. The first-order chi connectivity index (χ1) is 21.6. The average molecular weight is 787 g/mol. The van der Waals surface area contributed by atoms with Crippen molar-refractivity contribution in [3.8, 4) is 22.3 Å². The second-order valence-electron chi connectivity index (χ2n) is 13.5. The van der Waals surface area contributed by atoms with Crippen molar-refractivity contribution >= 4 is 53.2 Å². The summed E-state index contributed by atoms with van der Waals surface area (Å²) in [7, 11) is 0. The van der Waals surface area contributed by atoms with Crippen LogP contribution in [0.4, 0.5) is 0 Å². The zero-order chi connectivity index (χ0) is 32.7. The summed E-state index contributed by atoms with van der Waals surface area (Å²) in [4.78, 5) is 0. The summed E-state index contributed by atoms with van der Waals surface area (Å²) in [6.45, 7) is 21.1. The molecular weight excluding hydrogens is 731 g/mol. The second kappa shape index (κ2) is 21.2. The molecule has 0 spiro atoms. The zero-order valence-electron chi connectivity index (χ0n) is 31.3. The topological polar surface area (TPSA) is 0 Å². The Morgan fingerprint density at radius 3 is 1.57 bits per heavy atom. The van der Waals surface area contributed by atoms with E-state index in [-0.39, 0.29) is 45.1 Å². The molecule has 0 fully saturated rings. The van der Waals surface area contributed by atoms with Crippen LogP contribution >= 0.6 is 24.8 Å². The van der Waals surface area contributed by atoms with E-state index in [1.165, 1.54) is 95.8 Å². The van der Waals surface area contributed by atoms with Crippen molar-refractivity contribution < 1.29 is 23.3 Å². The average Bonchev–Trinajstić information content (AvgIpc) is 3.70. The Labute approximate surface area is 328 Å². The zero-order valence-corrected chi connectivity index (χ0v) is 36.4. The molecule has 4 heteroatoms. The van der Waals surface area contributed by atoms with Crippen LogP contribution in [0.5, 0.6) is 0 Å². The van der Waals surface area contributed by atoms with Crippen molar-refractivity contribution in [2.24, 2.45) is 0 Å². The molecule has 6 aromatic carbocycles. The first kappa shape index (κ1) is 46.8. The van der Waals surface area contributed by atoms with E-state index in [9.17, 15) is 0 Å². The number of hydrogen-bond acceptors (Lipinski definition) is 0. The number of benzene rings is 4. The van der Waals surface area contributed by atoms with Gasteiger partial charge in [-0.2, -0.15) is 12.1 Å². The molecule has 0 bridgehead atoms. The van der Waals surface area contributed by atoms with Crippen LogP contribution in [0.3, 0.4) is 0 Å². The normalized spacial score (nSPS) is 11.0. The summed E-state index contributed by atoms with van der Waals surface area (Å²) in [5.74, 6) is 1.21. The van der Waals surface area contributed by atoms with Crippen LogP contribution in [-0.2, 0) is 35.2 Å². The Morgan fingerprint density at radius 2 is 1.12 bits per heavy atom. The van der Waals surface area contributed by atoms with E-state index in [2.05, 4.69) is 171 Å². The van der Waals surface area contributed by atoms with E-state index in [0.717, 1.165) is 6.42 Å². The number of aryl methyl sites for hydroxylation is 1. The summed E-state index contributed by atoms with van der Waals surface area (Å²) < 4.78 is 0. The number of rotatable bonds is 6. The van der Waals surface area contributed by atoms with Crippen molar-refractivity contribution in [3.05, 3.63) is 146 Å². The first-order valence-electron chi connectivity index (χ1n) is 16.4. The van der Waals surface area contributed by atoms with Gasteiger partial charge in [-0.05, 0) is 45.9 Å². The molecule has 0 N–H and O–H groups in total. The summed E-state index contributed by atoms with van der Waals surface area (Å²) in [5, 5.41) is 5.47. The van der Waals surface area contributed by atoms with Gasteiger partial charge in [-0.1, -0.05) is 134 Å². The standard InChI is InChI=1S/C23H27.C20H21.2CH3.2ClH.Si.Zr/c1-6-16(2)19-14-18-8-7-9-21(22(18)15-19)17-10-12-20(13-11-17)23(3,4)5;1-4-15-12-18-6-5-7-19(20(18)13-15)17-10-8-16(9-11-17)14(2)3;;;;;;/h7-16H,6H2,1-5H3;5-14H,4H2,1-3H3;2*1H3;2*1H;;/q4*-1;;;;. The van der Waals surface area contributed by atoms with Gasteiger partial charge in [0, 0.05) is 0 Å². The van der Waals surface area contributed by atoms with Gasteiger partial charge in [0.1, 0.15) is 0 Å². The van der Waals surface area contributed by atoms with Crippen molar-refractivity contribution in [2.75, 3.05) is 0 Å². The molecule has 0 aromatic heterocycles. The van der Waals surface area contributed by atoms with Crippen LogP contribution < -0.4 is 0 Å². The van der Waals surface area contributed by atoms with Crippen LogP contribution in [-0.4, -0.2) is 6.88 Å². The van der Waals surface area contributed by atoms with Crippen molar-refractivity contribution in [1.82, 2.24) is 0 Å². The SMILES string of the molecule is CCC(C)c1cc2c(-c3ccc(C(C)(C)C)cc3)cccc2[cH-]1.CCc1cc2c(-c3ccc(C(C)C)cc3)cccc2[cH-]1.Cl.Cl.[CH3-].[CH3-].[Si]=[Zr]. The van der Waals surface area contributed by atoms with Gasteiger partial charge in [-0.25, -0.2) is 0 Å². The quantitative estimate of drug-likeness (QED) is 0.117. The van der Waals surface area contributed by atoms with Gasteiger partial charge < -0.3 is 14.9 Å². The molecule has 262 valence electrons. The van der Waals surface area contributed by atoms with Crippen molar-refractivity contribution in [3.63, 3.8) is 0 Å². The Balaban J connectivity index is 0.000000836. The second-order valence-corrected chi connectivity index (χ2v) is 13.5. The summed E-state index contributed by atoms with van der Waals surface area (Å²) in [5.41, 5.74) is 11.2. The summed E-state index contributed by atoms with van der Waals surface area (Å²) in [6.07, 6.45) is 2.28. The molecule has 0 aliphatic rings. The van der Waals surface area contributed by atoms with Crippen LogP contribution in [0.25, 0.3) is 43.8 Å². The first-order valence-corrected chi connectivity index (χ1v) is 20.6. The predicted octanol–water partition coefficient (Wildman–Crippen LogP) is 14.3. The molecule has 0 aliphatic heterocycles. The van der Waals surface area contributed by atoms with Gasteiger partial charge in [0.15, 0.2) is 0 Å². The van der Waals surface area contributed by atoms with E-state index in [1.807, 2.05) is 0 Å². The third-order valence-corrected chi connectivity index (χ3v) is 9.12. The van der Waals surface area contributed by atoms with E-state index in [4.69, 9.17) is 0 Å². The van der Waals surface area contributed by atoms with Crippen molar-refractivity contribution in [1.29, 1.82) is 0 Å². The third kappa shape index (κ3) is 11.4. The van der Waals surface area contributed by atoms with E-state index < -0.39 is 0 Å². The number of hydrogen-bond donors (Lipinski definition) is 0. The van der Waals surface area contributed by atoms with Gasteiger partial charge in [-0.15, -0.1) is 93.9 Å². The Kier molecular flexibility index (Phi) is 20.3. The van der Waals surface area contributed by atoms with E-state index in [0.29, 0.717) is 11.8 Å². The molecule has 0 aliphatic carbocycles. The fourth-order valence-corrected chi connectivity index (χ4v) is 5.98. The fourth-order valence-electron chi connectivity index (χ4n) is 5.98. The molecule has 0 heterocycles. The third-order valence-electron chi connectivity index (χ3n) is 9.12. The van der Waals surface area contributed by atoms with Gasteiger partial charge in [0.25, 0.3) is 0 Å². The molecule has 1 atom stereocenters. The Morgan fingerprint density at radius 1 is 0.653 bits per heavy atom. The summed E-state index contributed by atoms with van der Waals surface area (Å²) >= 11 is 1.36. The minimum atomic E-state index is 0. The van der Waals surface area contributed by atoms with Gasteiger partial charge in [-0.3, -0.25) is 0 Å². The maximum absolute atomic E-state index is 3.06. The number of fused-ring (bicyclic) bond motifs is 2. The molecule has 49 heavy (non-hydrogen) atoms.